The molecule has 0 saturated heterocycles. The third kappa shape index (κ3) is 8.84. The second-order valence-electron chi connectivity index (χ2n) is 3.67. The topological polar surface area (TPSA) is 26.0 Å². The maximum atomic E-state index is 4.71. The molecule has 0 atom stereocenters. The molecule has 0 aliphatic carbocycles. The zero-order valence-electron chi connectivity index (χ0n) is 10.4. The molecule has 0 radical (unpaired) electrons. The number of thiocarbonyl (C=S) groups is 1. The van der Waals surface area contributed by atoms with Crippen LogP contribution in [-0.4, -0.2) is 4.32 Å². The Bertz CT molecular complexity index is 431. The summed E-state index contributed by atoms with van der Waals surface area (Å²) in [5.74, 6) is 0. The third-order valence-electron chi connectivity index (χ3n) is 2.08. The average molecular weight is 339 g/mol. The summed E-state index contributed by atoms with van der Waals surface area (Å²) in [5.41, 5.74) is 7.50. The van der Waals surface area contributed by atoms with Gasteiger partial charge in [-0.3, -0.25) is 0 Å². The summed E-state index contributed by atoms with van der Waals surface area (Å²) >= 11 is 9.70. The Morgan fingerprint density at radius 1 is 0.895 bits per heavy atom. The Labute approximate surface area is 132 Å². The van der Waals surface area contributed by atoms with Crippen LogP contribution >= 0.6 is 24.8 Å². The van der Waals surface area contributed by atoms with Gasteiger partial charge in [-0.1, -0.05) is 12.2 Å². The third-order valence-corrected chi connectivity index (χ3v) is 3.32. The van der Waals surface area contributed by atoms with Crippen molar-refractivity contribution in [2.75, 3.05) is 0 Å². The summed E-state index contributed by atoms with van der Waals surface area (Å²) in [5, 5.41) is 2.17. The number of nitrogens with two attached hydrogens (primary N) is 1. The van der Waals surface area contributed by atoms with Gasteiger partial charge < -0.3 is 5.73 Å². The molecule has 0 heterocycles. The van der Waals surface area contributed by atoms with Crippen LogP contribution in [-0.2, 0) is 25.6 Å². The number of thiol groups is 1. The van der Waals surface area contributed by atoms with Crippen LogP contribution in [0.15, 0.2) is 60.7 Å². The van der Waals surface area contributed by atoms with Crippen LogP contribution in [0.4, 0.5) is 0 Å². The molecule has 0 fully saturated rings. The molecule has 0 spiro atoms. The van der Waals surface area contributed by atoms with Gasteiger partial charge in [-0.05, 0) is 0 Å². The van der Waals surface area contributed by atoms with Crippen molar-refractivity contribution >= 4 is 29.2 Å². The molecule has 0 aliphatic heterocycles. The Morgan fingerprint density at radius 2 is 1.21 bits per heavy atom. The average Bonchev–Trinajstić information content (AvgIpc) is 2.41. The number of benzene rings is 2. The van der Waals surface area contributed by atoms with E-state index in [2.05, 4.69) is 100 Å². The molecule has 0 saturated carbocycles. The summed E-state index contributed by atoms with van der Waals surface area (Å²) in [6.45, 7) is 0. The van der Waals surface area contributed by atoms with Crippen LogP contribution in [0.2, 0.25) is 0 Å². The van der Waals surface area contributed by atoms with Gasteiger partial charge in [-0.25, -0.2) is 0 Å². The summed E-state index contributed by atoms with van der Waals surface area (Å²) in [7, 11) is 0. The van der Waals surface area contributed by atoms with Gasteiger partial charge in [0.25, 0.3) is 0 Å². The van der Waals surface area contributed by atoms with Gasteiger partial charge in [0.1, 0.15) is 4.32 Å². The minimum atomic E-state index is 0.194. The standard InChI is InChI=1S/2C7H7.CH3NS2.Cu/c2*1-7-5-3-2-4-6-7;2-1(3)4;/h2*2-6H,1H2;(H3,2,3,4);. The van der Waals surface area contributed by atoms with Crippen LogP contribution < -0.4 is 5.73 Å². The Morgan fingerprint density at radius 3 is 1.53 bits per heavy atom. The van der Waals surface area contributed by atoms with E-state index in [0.29, 0.717) is 0 Å². The minimum absolute atomic E-state index is 0.194. The Kier molecular flexibility index (Phi) is 8.59. The molecule has 0 aromatic heterocycles. The molecule has 2 N–H and O–H groups in total. The quantitative estimate of drug-likeness (QED) is 0.506. The van der Waals surface area contributed by atoms with E-state index in [4.69, 9.17) is 5.73 Å². The summed E-state index contributed by atoms with van der Waals surface area (Å²) in [6, 6.07) is 21.2. The fourth-order valence-electron chi connectivity index (χ4n) is 1.31. The zero-order chi connectivity index (χ0) is 13.9. The van der Waals surface area contributed by atoms with Crippen LogP contribution in [0.25, 0.3) is 0 Å². The van der Waals surface area contributed by atoms with Crippen LogP contribution in [0.5, 0.6) is 0 Å². The molecule has 2 aromatic rings. The second kappa shape index (κ2) is 10.0. The molecule has 2 rings (SSSR count). The summed E-state index contributed by atoms with van der Waals surface area (Å²) in [4.78, 5) is 0. The zero-order valence-corrected chi connectivity index (χ0v) is 13.1. The number of rotatable bonds is 4. The van der Waals surface area contributed by atoms with Crippen molar-refractivity contribution in [3.05, 3.63) is 71.8 Å². The van der Waals surface area contributed by atoms with Gasteiger partial charge in [-0.2, -0.15) is 0 Å². The first-order chi connectivity index (χ1) is 9.18. The van der Waals surface area contributed by atoms with Gasteiger partial charge in [0, 0.05) is 0 Å². The van der Waals surface area contributed by atoms with Gasteiger partial charge in [0.2, 0.25) is 0 Å². The molecule has 0 bridgehead atoms. The van der Waals surface area contributed by atoms with Crippen molar-refractivity contribution in [2.24, 2.45) is 5.73 Å². The molecular formula is C15H17CuNS2. The summed E-state index contributed by atoms with van der Waals surface area (Å²) < 4.78 is 0.194. The van der Waals surface area contributed by atoms with Crippen LogP contribution in [0.3, 0.4) is 0 Å². The van der Waals surface area contributed by atoms with Crippen molar-refractivity contribution < 1.29 is 15.0 Å². The van der Waals surface area contributed by atoms with Crippen molar-refractivity contribution in [3.8, 4) is 0 Å². The Hall–Kier alpha value is -0.801. The SMILES string of the molecule is NC(=S)S.c1ccc([CH2][Cu][CH2]c2ccccc2)cc1. The van der Waals surface area contributed by atoms with Crippen molar-refractivity contribution in [1.82, 2.24) is 0 Å². The maximum absolute atomic E-state index is 4.71. The summed E-state index contributed by atoms with van der Waals surface area (Å²) in [6.07, 6.45) is 0. The van der Waals surface area contributed by atoms with Gasteiger partial charge in [0.15, 0.2) is 0 Å². The molecule has 19 heavy (non-hydrogen) atoms. The Balaban J connectivity index is 0.000000399. The molecule has 4 heteroatoms. The second-order valence-corrected chi connectivity index (χ2v) is 6.03. The van der Waals surface area contributed by atoms with E-state index in [9.17, 15) is 0 Å². The molecule has 1 nitrogen and oxygen atoms in total. The molecule has 105 valence electrons. The van der Waals surface area contributed by atoms with Gasteiger partial charge >= 0.3 is 97.4 Å². The number of hydrogen-bond acceptors (Lipinski definition) is 1. The van der Waals surface area contributed by atoms with Gasteiger partial charge in [0.05, 0.1) is 0 Å². The van der Waals surface area contributed by atoms with Crippen molar-refractivity contribution in [2.45, 2.75) is 10.6 Å². The molecule has 0 aliphatic rings. The van der Waals surface area contributed by atoms with E-state index in [-0.39, 0.29) is 4.32 Å². The van der Waals surface area contributed by atoms with E-state index in [0.717, 1.165) is 10.6 Å². The van der Waals surface area contributed by atoms with Crippen molar-refractivity contribution in [1.29, 1.82) is 0 Å². The molecule has 2 aromatic carbocycles. The molecule has 0 unspecified atom stereocenters. The van der Waals surface area contributed by atoms with E-state index in [1.807, 2.05) is 0 Å². The predicted octanol–water partition coefficient (Wildman–Crippen LogP) is 3.63. The van der Waals surface area contributed by atoms with E-state index in [1.165, 1.54) is 11.1 Å². The normalized spacial score (nSPS) is 9.53. The fourth-order valence-corrected chi connectivity index (χ4v) is 2.42. The monoisotopic (exact) mass is 338 g/mol. The van der Waals surface area contributed by atoms with Crippen molar-refractivity contribution in [3.63, 3.8) is 0 Å². The van der Waals surface area contributed by atoms with E-state index >= 15 is 0 Å². The fraction of sp³-hybridized carbons (Fsp3) is 0.133. The first-order valence-corrected chi connectivity index (χ1v) is 7.86. The molecular weight excluding hydrogens is 322 g/mol. The molecule has 0 amide bonds. The predicted molar refractivity (Wildman–Crippen MR) is 86.1 cm³/mol. The first kappa shape index (κ1) is 16.3. The number of hydrogen-bond donors (Lipinski definition) is 2. The van der Waals surface area contributed by atoms with Crippen LogP contribution in [0.1, 0.15) is 11.1 Å². The van der Waals surface area contributed by atoms with E-state index in [1.54, 1.807) is 0 Å². The van der Waals surface area contributed by atoms with Gasteiger partial charge in [-0.15, -0.1) is 12.6 Å². The van der Waals surface area contributed by atoms with E-state index < -0.39 is 0 Å². The van der Waals surface area contributed by atoms with Crippen LogP contribution in [0, 0.1) is 0 Å². The first-order valence-electron chi connectivity index (χ1n) is 5.67.